The number of fused-ring (bicyclic) bond motifs is 2. The summed E-state index contributed by atoms with van der Waals surface area (Å²) >= 11 is 0. The van der Waals surface area contributed by atoms with E-state index < -0.39 is 16.1 Å². The molecule has 1 aromatic heterocycles. The van der Waals surface area contributed by atoms with Gasteiger partial charge >= 0.3 is 6.03 Å². The average molecular weight is 446 g/mol. The fourth-order valence-corrected chi connectivity index (χ4v) is 5.92. The standard InChI is InChI=1S/C22H31N5O3S/c1-5-18(26(2)3)19-13-20(24-27(19)4)31(29,30)25-22(28)23-21-16-10-6-8-14(16)12-15-9-7-11-17(15)21/h12-13,18H,5-11H2,1-4H3,(H2,23,25,28)/t18-/m0/s1. The van der Waals surface area contributed by atoms with Crippen LogP contribution in [0.4, 0.5) is 10.5 Å². The van der Waals surface area contributed by atoms with Gasteiger partial charge in [-0.2, -0.15) is 13.5 Å². The maximum atomic E-state index is 12.9. The molecule has 0 spiro atoms. The molecule has 168 valence electrons. The molecule has 0 bridgehead atoms. The maximum absolute atomic E-state index is 12.9. The Morgan fingerprint density at radius 3 is 2.29 bits per heavy atom. The number of benzene rings is 1. The number of rotatable bonds is 6. The van der Waals surface area contributed by atoms with E-state index in [4.69, 9.17) is 0 Å². The van der Waals surface area contributed by atoms with Gasteiger partial charge in [0.2, 0.25) is 0 Å². The highest BCUT2D eigenvalue weighted by atomic mass is 32.2. The van der Waals surface area contributed by atoms with Crippen molar-refractivity contribution in [3.63, 3.8) is 0 Å². The van der Waals surface area contributed by atoms with Gasteiger partial charge in [-0.05, 0) is 81.3 Å². The number of aryl methyl sites for hydroxylation is 3. The van der Waals surface area contributed by atoms with E-state index in [2.05, 4.69) is 21.2 Å². The smallest absolute Gasteiger partial charge is 0.307 e. The molecule has 2 aromatic rings. The number of hydrogen-bond donors (Lipinski definition) is 2. The van der Waals surface area contributed by atoms with Crippen LogP contribution in [0.3, 0.4) is 0 Å². The zero-order valence-electron chi connectivity index (χ0n) is 18.7. The van der Waals surface area contributed by atoms with Crippen LogP contribution in [0.1, 0.15) is 60.2 Å². The number of hydrogen-bond acceptors (Lipinski definition) is 5. The summed E-state index contributed by atoms with van der Waals surface area (Å²) in [4.78, 5) is 14.8. The molecule has 8 nitrogen and oxygen atoms in total. The predicted molar refractivity (Wildman–Crippen MR) is 120 cm³/mol. The number of urea groups is 1. The van der Waals surface area contributed by atoms with Gasteiger partial charge in [0.15, 0.2) is 5.03 Å². The van der Waals surface area contributed by atoms with Gasteiger partial charge in [-0.15, -0.1) is 0 Å². The Kier molecular flexibility index (Phi) is 5.83. The van der Waals surface area contributed by atoms with Gasteiger partial charge in [0.1, 0.15) is 0 Å². The lowest BCUT2D eigenvalue weighted by molar-refractivity contribution is 0.256. The van der Waals surface area contributed by atoms with E-state index in [1.807, 2.05) is 25.9 Å². The fourth-order valence-electron chi connectivity index (χ4n) is 5.02. The fraction of sp³-hybridized carbons (Fsp3) is 0.545. The van der Waals surface area contributed by atoms with Crippen molar-refractivity contribution in [1.29, 1.82) is 0 Å². The normalized spacial score (nSPS) is 16.3. The Bertz CT molecular complexity index is 1090. The number of amides is 2. The first-order valence-corrected chi connectivity index (χ1v) is 12.4. The summed E-state index contributed by atoms with van der Waals surface area (Å²) in [7, 11) is 1.51. The Morgan fingerprint density at radius 1 is 1.13 bits per heavy atom. The Labute approximate surface area is 184 Å². The number of sulfonamides is 1. The van der Waals surface area contributed by atoms with Gasteiger partial charge in [0, 0.05) is 18.8 Å². The first kappa shape index (κ1) is 21.8. The summed E-state index contributed by atoms with van der Waals surface area (Å²) < 4.78 is 29.5. The molecule has 2 aliphatic rings. The first-order chi connectivity index (χ1) is 14.7. The van der Waals surface area contributed by atoms with Crippen LogP contribution in [0.15, 0.2) is 17.2 Å². The lowest BCUT2D eigenvalue weighted by Gasteiger charge is -2.22. The number of nitrogens with zero attached hydrogens (tertiary/aromatic N) is 3. The molecule has 1 aromatic carbocycles. The first-order valence-electron chi connectivity index (χ1n) is 10.9. The summed E-state index contributed by atoms with van der Waals surface area (Å²) in [6, 6.07) is 3.11. The summed E-state index contributed by atoms with van der Waals surface area (Å²) in [5.74, 6) is 0. The van der Waals surface area contributed by atoms with E-state index in [1.165, 1.54) is 11.1 Å². The third kappa shape index (κ3) is 4.08. The van der Waals surface area contributed by atoms with Crippen molar-refractivity contribution >= 4 is 21.7 Å². The van der Waals surface area contributed by atoms with Crippen LogP contribution in [0.25, 0.3) is 0 Å². The van der Waals surface area contributed by atoms with Gasteiger partial charge in [-0.25, -0.2) is 9.52 Å². The quantitative estimate of drug-likeness (QED) is 0.713. The molecule has 2 aliphatic carbocycles. The maximum Gasteiger partial charge on any atom is 0.333 e. The van der Waals surface area contributed by atoms with E-state index in [1.54, 1.807) is 17.8 Å². The van der Waals surface area contributed by atoms with Crippen LogP contribution < -0.4 is 10.0 Å². The minimum atomic E-state index is -4.09. The molecular weight excluding hydrogens is 414 g/mol. The largest absolute Gasteiger partial charge is 0.333 e. The van der Waals surface area contributed by atoms with Crippen LogP contribution in [-0.2, 0) is 42.8 Å². The zero-order valence-corrected chi connectivity index (χ0v) is 19.5. The second-order valence-electron chi connectivity index (χ2n) is 8.71. The average Bonchev–Trinajstić information content (AvgIpc) is 3.41. The van der Waals surface area contributed by atoms with E-state index in [0.29, 0.717) is 0 Å². The van der Waals surface area contributed by atoms with Crippen molar-refractivity contribution in [3.8, 4) is 0 Å². The molecule has 0 aliphatic heterocycles. The molecular formula is C22H31N5O3S. The van der Waals surface area contributed by atoms with Crippen molar-refractivity contribution in [2.75, 3.05) is 19.4 Å². The zero-order chi connectivity index (χ0) is 22.3. The molecule has 2 N–H and O–H groups in total. The van der Waals surface area contributed by atoms with Crippen LogP contribution in [0.2, 0.25) is 0 Å². The Morgan fingerprint density at radius 2 is 1.74 bits per heavy atom. The third-order valence-corrected chi connectivity index (χ3v) is 7.66. The number of carbonyl (C=O) groups is 1. The summed E-state index contributed by atoms with van der Waals surface area (Å²) in [6.07, 6.45) is 6.79. The number of aromatic nitrogens is 2. The second kappa shape index (κ2) is 8.27. The SMILES string of the molecule is CC[C@@H](c1cc(S(=O)(=O)NC(=O)Nc2c3c(cc4c2CCC4)CCC3)nn1C)N(C)C. The molecule has 2 amide bonds. The molecule has 4 rings (SSSR count). The topological polar surface area (TPSA) is 96.3 Å². The van der Waals surface area contributed by atoms with Crippen LogP contribution in [-0.4, -0.2) is 43.2 Å². The van der Waals surface area contributed by atoms with Crippen LogP contribution in [0, 0.1) is 0 Å². The molecule has 0 saturated heterocycles. The van der Waals surface area contributed by atoms with Gasteiger partial charge in [0.25, 0.3) is 10.0 Å². The molecule has 1 heterocycles. The van der Waals surface area contributed by atoms with E-state index in [-0.39, 0.29) is 11.1 Å². The molecule has 0 unspecified atom stereocenters. The van der Waals surface area contributed by atoms with Crippen molar-refractivity contribution < 1.29 is 13.2 Å². The van der Waals surface area contributed by atoms with Gasteiger partial charge in [-0.3, -0.25) is 4.68 Å². The summed E-state index contributed by atoms with van der Waals surface area (Å²) in [5, 5.41) is 6.89. The Balaban J connectivity index is 1.56. The highest BCUT2D eigenvalue weighted by Crippen LogP contribution is 2.38. The summed E-state index contributed by atoms with van der Waals surface area (Å²) in [6.45, 7) is 2.04. The predicted octanol–water partition coefficient (Wildman–Crippen LogP) is 2.92. The Hall–Kier alpha value is -2.39. The third-order valence-electron chi connectivity index (χ3n) is 6.46. The minimum absolute atomic E-state index is 0.0322. The number of anilines is 1. The number of carbonyl (C=O) groups excluding carboxylic acids is 1. The van der Waals surface area contributed by atoms with Crippen molar-refractivity contribution in [2.45, 2.75) is 62.9 Å². The monoisotopic (exact) mass is 445 g/mol. The molecule has 0 radical (unpaired) electrons. The van der Waals surface area contributed by atoms with Crippen molar-refractivity contribution in [1.82, 2.24) is 19.4 Å². The molecule has 0 saturated carbocycles. The number of nitrogens with one attached hydrogen (secondary N) is 2. The van der Waals surface area contributed by atoms with Crippen LogP contribution in [0.5, 0.6) is 0 Å². The lowest BCUT2D eigenvalue weighted by Crippen LogP contribution is -2.35. The van der Waals surface area contributed by atoms with E-state index in [0.717, 1.165) is 67.5 Å². The summed E-state index contributed by atoms with van der Waals surface area (Å²) in [5.41, 5.74) is 6.47. The highest BCUT2D eigenvalue weighted by Gasteiger charge is 2.28. The molecule has 31 heavy (non-hydrogen) atoms. The highest BCUT2D eigenvalue weighted by molar-refractivity contribution is 7.90. The second-order valence-corrected chi connectivity index (χ2v) is 10.3. The minimum Gasteiger partial charge on any atom is -0.307 e. The van der Waals surface area contributed by atoms with E-state index >= 15 is 0 Å². The molecule has 1 atom stereocenters. The molecule has 0 fully saturated rings. The van der Waals surface area contributed by atoms with Gasteiger partial charge in [-0.1, -0.05) is 13.0 Å². The lowest BCUT2D eigenvalue weighted by atomic mass is 9.99. The van der Waals surface area contributed by atoms with Crippen molar-refractivity contribution in [3.05, 3.63) is 40.1 Å². The van der Waals surface area contributed by atoms with Crippen molar-refractivity contribution in [2.24, 2.45) is 7.05 Å². The molecule has 9 heteroatoms. The van der Waals surface area contributed by atoms with Gasteiger partial charge in [0.05, 0.1) is 11.7 Å². The van der Waals surface area contributed by atoms with Gasteiger partial charge < -0.3 is 10.2 Å². The van der Waals surface area contributed by atoms with Crippen LogP contribution >= 0.6 is 0 Å². The van der Waals surface area contributed by atoms with E-state index in [9.17, 15) is 13.2 Å².